The van der Waals surface area contributed by atoms with E-state index in [0.717, 1.165) is 28.9 Å². The predicted molar refractivity (Wildman–Crippen MR) is 139 cm³/mol. The molecule has 1 N–H and O–H groups in total. The van der Waals surface area contributed by atoms with Gasteiger partial charge in [0.2, 0.25) is 0 Å². The summed E-state index contributed by atoms with van der Waals surface area (Å²) in [6, 6.07) is 19.5. The molecule has 158 valence electrons. The second-order valence-electron chi connectivity index (χ2n) is 8.19. The van der Waals surface area contributed by atoms with Crippen molar-refractivity contribution in [3.63, 3.8) is 0 Å². The molecule has 0 saturated carbocycles. The standard InChI is InChI=1S/C30H28N2/c1-6-7-9-22(4)32-23(5)27-11-8-10-25-18-24(12-13-28(25)27)19-26-14-15-31-30-17-21(3)20(2)16-29(26)30/h6-18,32H,1,4-5,19H2,2-3H3/b9-7-. The Bertz CT molecular complexity index is 1390. The maximum absolute atomic E-state index is 4.57. The van der Waals surface area contributed by atoms with E-state index in [-0.39, 0.29) is 0 Å². The number of pyridine rings is 1. The Hall–Kier alpha value is -3.91. The van der Waals surface area contributed by atoms with Gasteiger partial charge in [0.25, 0.3) is 0 Å². The summed E-state index contributed by atoms with van der Waals surface area (Å²) >= 11 is 0. The van der Waals surface area contributed by atoms with Crippen molar-refractivity contribution in [1.82, 2.24) is 10.3 Å². The summed E-state index contributed by atoms with van der Waals surface area (Å²) < 4.78 is 0. The number of benzene rings is 3. The van der Waals surface area contributed by atoms with Crippen LogP contribution in [0.15, 0.2) is 104 Å². The molecular weight excluding hydrogens is 388 g/mol. The predicted octanol–water partition coefficient (Wildman–Crippen LogP) is 7.41. The monoisotopic (exact) mass is 416 g/mol. The lowest BCUT2D eigenvalue weighted by Gasteiger charge is -2.14. The molecule has 0 aliphatic heterocycles. The van der Waals surface area contributed by atoms with Gasteiger partial charge in [0.15, 0.2) is 0 Å². The van der Waals surface area contributed by atoms with E-state index < -0.39 is 0 Å². The van der Waals surface area contributed by atoms with Crippen molar-refractivity contribution in [2.45, 2.75) is 20.3 Å². The maximum Gasteiger partial charge on any atom is 0.0707 e. The molecule has 0 amide bonds. The highest BCUT2D eigenvalue weighted by Crippen LogP contribution is 2.27. The van der Waals surface area contributed by atoms with Crippen molar-refractivity contribution in [2.24, 2.45) is 0 Å². The molecule has 2 nitrogen and oxygen atoms in total. The number of aryl methyl sites for hydroxylation is 2. The van der Waals surface area contributed by atoms with Gasteiger partial charge in [0.1, 0.15) is 0 Å². The minimum absolute atomic E-state index is 0.776. The Morgan fingerprint density at radius 1 is 0.969 bits per heavy atom. The van der Waals surface area contributed by atoms with Gasteiger partial charge in [-0.05, 0) is 77.6 Å². The van der Waals surface area contributed by atoms with Crippen LogP contribution in [0.1, 0.15) is 27.8 Å². The van der Waals surface area contributed by atoms with E-state index >= 15 is 0 Å². The molecule has 4 rings (SSSR count). The SMILES string of the molecule is C=C/C=C\C(=C)NC(=C)c1cccc2cc(Cc3ccnc4cc(C)c(C)cc34)ccc12. The van der Waals surface area contributed by atoms with E-state index in [1.54, 1.807) is 6.08 Å². The zero-order chi connectivity index (χ0) is 22.7. The van der Waals surface area contributed by atoms with Crippen LogP contribution in [-0.4, -0.2) is 4.98 Å². The fourth-order valence-corrected chi connectivity index (χ4v) is 4.03. The van der Waals surface area contributed by atoms with E-state index in [2.05, 4.69) is 98.5 Å². The lowest BCUT2D eigenvalue weighted by Crippen LogP contribution is -2.08. The number of fused-ring (bicyclic) bond motifs is 2. The molecule has 3 aromatic carbocycles. The van der Waals surface area contributed by atoms with Crippen LogP contribution < -0.4 is 5.32 Å². The Morgan fingerprint density at radius 3 is 2.59 bits per heavy atom. The van der Waals surface area contributed by atoms with Crippen molar-refractivity contribution in [3.8, 4) is 0 Å². The van der Waals surface area contributed by atoms with Crippen LogP contribution in [0.5, 0.6) is 0 Å². The zero-order valence-corrected chi connectivity index (χ0v) is 18.8. The van der Waals surface area contributed by atoms with Crippen LogP contribution in [0.4, 0.5) is 0 Å². The highest BCUT2D eigenvalue weighted by molar-refractivity contribution is 5.94. The van der Waals surface area contributed by atoms with Crippen LogP contribution in [0.2, 0.25) is 0 Å². The highest BCUT2D eigenvalue weighted by atomic mass is 14.9. The molecule has 0 bridgehead atoms. The number of aromatic nitrogens is 1. The normalized spacial score (nSPS) is 11.2. The van der Waals surface area contributed by atoms with Crippen molar-refractivity contribution >= 4 is 27.4 Å². The lowest BCUT2D eigenvalue weighted by atomic mass is 9.95. The number of hydrogen-bond donors (Lipinski definition) is 1. The summed E-state index contributed by atoms with van der Waals surface area (Å²) in [5.41, 5.74) is 8.88. The van der Waals surface area contributed by atoms with Crippen LogP contribution >= 0.6 is 0 Å². The molecule has 0 aliphatic rings. The van der Waals surface area contributed by atoms with Gasteiger partial charge < -0.3 is 5.32 Å². The van der Waals surface area contributed by atoms with E-state index in [0.29, 0.717) is 0 Å². The van der Waals surface area contributed by atoms with Crippen molar-refractivity contribution in [3.05, 3.63) is 132 Å². The van der Waals surface area contributed by atoms with Gasteiger partial charge >= 0.3 is 0 Å². The Balaban J connectivity index is 1.66. The van der Waals surface area contributed by atoms with Crippen molar-refractivity contribution in [2.75, 3.05) is 0 Å². The first-order valence-electron chi connectivity index (χ1n) is 10.8. The van der Waals surface area contributed by atoms with Gasteiger partial charge in [0, 0.05) is 28.5 Å². The van der Waals surface area contributed by atoms with Crippen LogP contribution in [0.25, 0.3) is 27.4 Å². The van der Waals surface area contributed by atoms with E-state index in [1.165, 1.54) is 38.4 Å². The number of hydrogen-bond acceptors (Lipinski definition) is 2. The fourth-order valence-electron chi connectivity index (χ4n) is 4.03. The fraction of sp³-hybridized carbons (Fsp3) is 0.100. The second kappa shape index (κ2) is 9.07. The number of nitrogens with one attached hydrogen (secondary N) is 1. The van der Waals surface area contributed by atoms with E-state index in [9.17, 15) is 0 Å². The first kappa shape index (κ1) is 21.3. The molecule has 0 saturated heterocycles. The molecule has 4 aromatic rings. The Morgan fingerprint density at radius 2 is 1.78 bits per heavy atom. The summed E-state index contributed by atoms with van der Waals surface area (Å²) in [5, 5.41) is 6.87. The molecule has 1 aromatic heterocycles. The van der Waals surface area contributed by atoms with Crippen LogP contribution in [0.3, 0.4) is 0 Å². The topological polar surface area (TPSA) is 24.9 Å². The minimum Gasteiger partial charge on any atom is -0.356 e. The molecule has 2 heteroatoms. The van der Waals surface area contributed by atoms with Crippen LogP contribution in [0, 0.1) is 13.8 Å². The summed E-state index contributed by atoms with van der Waals surface area (Å²) in [6.07, 6.45) is 8.23. The molecular formula is C30H28N2. The highest BCUT2D eigenvalue weighted by Gasteiger charge is 2.09. The number of allylic oxidation sites excluding steroid dienone is 3. The third-order valence-electron chi connectivity index (χ3n) is 5.86. The number of rotatable bonds is 7. The third kappa shape index (κ3) is 4.40. The van der Waals surface area contributed by atoms with Gasteiger partial charge in [-0.3, -0.25) is 4.98 Å². The summed E-state index contributed by atoms with van der Waals surface area (Å²) in [5.74, 6) is 0. The molecule has 0 fully saturated rings. The zero-order valence-electron chi connectivity index (χ0n) is 18.8. The molecule has 1 heterocycles. The van der Waals surface area contributed by atoms with Gasteiger partial charge in [-0.1, -0.05) is 68.3 Å². The first-order chi connectivity index (χ1) is 15.5. The third-order valence-corrected chi connectivity index (χ3v) is 5.86. The Labute approximate surface area is 190 Å². The van der Waals surface area contributed by atoms with E-state index in [1.807, 2.05) is 18.3 Å². The Kier molecular flexibility index (Phi) is 6.04. The summed E-state index contributed by atoms with van der Waals surface area (Å²) in [4.78, 5) is 4.57. The van der Waals surface area contributed by atoms with Crippen molar-refractivity contribution in [1.29, 1.82) is 0 Å². The molecule has 0 unspecified atom stereocenters. The first-order valence-corrected chi connectivity index (χ1v) is 10.8. The smallest absolute Gasteiger partial charge is 0.0707 e. The van der Waals surface area contributed by atoms with Gasteiger partial charge in [-0.2, -0.15) is 0 Å². The largest absolute Gasteiger partial charge is 0.356 e. The molecule has 0 atom stereocenters. The minimum atomic E-state index is 0.776. The van der Waals surface area contributed by atoms with Gasteiger partial charge in [0.05, 0.1) is 5.52 Å². The van der Waals surface area contributed by atoms with Gasteiger partial charge in [-0.25, -0.2) is 0 Å². The van der Waals surface area contributed by atoms with E-state index in [4.69, 9.17) is 0 Å². The maximum atomic E-state index is 4.57. The number of nitrogens with zero attached hydrogens (tertiary/aromatic N) is 1. The molecule has 0 radical (unpaired) electrons. The average molecular weight is 417 g/mol. The average Bonchev–Trinajstić information content (AvgIpc) is 2.78. The van der Waals surface area contributed by atoms with Crippen LogP contribution in [-0.2, 0) is 6.42 Å². The molecule has 0 aliphatic carbocycles. The lowest BCUT2D eigenvalue weighted by molar-refractivity contribution is 1.15. The quantitative estimate of drug-likeness (QED) is 0.317. The van der Waals surface area contributed by atoms with Crippen molar-refractivity contribution < 1.29 is 0 Å². The summed E-state index contributed by atoms with van der Waals surface area (Å²) in [7, 11) is 0. The summed E-state index contributed by atoms with van der Waals surface area (Å²) in [6.45, 7) is 16.2. The second-order valence-corrected chi connectivity index (χ2v) is 8.19. The van der Waals surface area contributed by atoms with Gasteiger partial charge in [-0.15, -0.1) is 0 Å². The molecule has 0 spiro atoms. The molecule has 32 heavy (non-hydrogen) atoms.